The average molecular weight is 404 g/mol. The van der Waals surface area contributed by atoms with Gasteiger partial charge in [0.25, 0.3) is 0 Å². The van der Waals surface area contributed by atoms with E-state index in [2.05, 4.69) is 16.0 Å². The summed E-state index contributed by atoms with van der Waals surface area (Å²) in [4.78, 5) is 24.5. The zero-order valence-electron chi connectivity index (χ0n) is 16.2. The van der Waals surface area contributed by atoms with E-state index in [0.29, 0.717) is 26.2 Å². The van der Waals surface area contributed by atoms with Gasteiger partial charge >= 0.3 is 6.18 Å². The van der Waals surface area contributed by atoms with Crippen molar-refractivity contribution in [2.45, 2.75) is 38.9 Å². The number of piperidine rings is 1. The highest BCUT2D eigenvalue weighted by Gasteiger charge is 2.35. The first-order valence-electron chi connectivity index (χ1n) is 9.84. The Balaban J connectivity index is 1.49. The molecule has 0 radical (unpaired) electrons. The first kappa shape index (κ1) is 19.7. The van der Waals surface area contributed by atoms with Crippen LogP contribution < -0.4 is 4.90 Å². The van der Waals surface area contributed by atoms with E-state index in [-0.39, 0.29) is 23.5 Å². The summed E-state index contributed by atoms with van der Waals surface area (Å²) in [5.41, 5.74) is 1.50. The van der Waals surface area contributed by atoms with Crippen molar-refractivity contribution in [2.75, 3.05) is 24.5 Å². The number of carbonyl (C=O) groups is 1. The van der Waals surface area contributed by atoms with E-state index >= 15 is 0 Å². The number of benzene rings is 1. The van der Waals surface area contributed by atoms with Crippen LogP contribution in [0.5, 0.6) is 0 Å². The average Bonchev–Trinajstić information content (AvgIpc) is 2.72. The van der Waals surface area contributed by atoms with Gasteiger partial charge in [-0.15, -0.1) is 0 Å². The van der Waals surface area contributed by atoms with Gasteiger partial charge in [-0.25, -0.2) is 9.97 Å². The molecular formula is C21H23F3N4O. The fourth-order valence-corrected chi connectivity index (χ4v) is 4.19. The van der Waals surface area contributed by atoms with Crippen molar-refractivity contribution in [3.05, 3.63) is 53.0 Å². The third-order valence-electron chi connectivity index (χ3n) is 5.65. The molecule has 1 unspecified atom stereocenters. The lowest BCUT2D eigenvalue weighted by Gasteiger charge is -2.37. The molecule has 1 fully saturated rings. The normalized spacial score (nSPS) is 19.8. The molecule has 0 spiro atoms. The fourth-order valence-electron chi connectivity index (χ4n) is 4.19. The summed E-state index contributed by atoms with van der Waals surface area (Å²) in [6.07, 6.45) is -2.21. The van der Waals surface area contributed by atoms with Crippen molar-refractivity contribution in [1.82, 2.24) is 14.9 Å². The molecule has 29 heavy (non-hydrogen) atoms. The van der Waals surface area contributed by atoms with Gasteiger partial charge in [0.1, 0.15) is 17.3 Å². The number of rotatable bonds is 2. The predicted molar refractivity (Wildman–Crippen MR) is 102 cm³/mol. The lowest BCUT2D eigenvalue weighted by molar-refractivity contribution is -0.141. The maximum Gasteiger partial charge on any atom is 0.433 e. The van der Waals surface area contributed by atoms with Crippen molar-refractivity contribution in [2.24, 2.45) is 5.92 Å². The third kappa shape index (κ3) is 4.21. The van der Waals surface area contributed by atoms with Gasteiger partial charge < -0.3 is 9.80 Å². The number of fused-ring (bicyclic) bond motifs is 1. The van der Waals surface area contributed by atoms with Crippen molar-refractivity contribution < 1.29 is 18.0 Å². The van der Waals surface area contributed by atoms with Crippen LogP contribution in [0.3, 0.4) is 0 Å². The number of anilines is 1. The van der Waals surface area contributed by atoms with Crippen molar-refractivity contribution >= 4 is 11.7 Å². The van der Waals surface area contributed by atoms with Crippen LogP contribution in [-0.4, -0.2) is 40.4 Å². The number of hydrogen-bond acceptors (Lipinski definition) is 4. The minimum atomic E-state index is -4.52. The molecule has 1 saturated heterocycles. The molecule has 5 nitrogen and oxygen atoms in total. The van der Waals surface area contributed by atoms with E-state index in [0.717, 1.165) is 25.3 Å². The molecule has 0 aliphatic carbocycles. The second-order valence-electron chi connectivity index (χ2n) is 7.72. The SMILES string of the molecule is Cc1nc(N2CCCC(C(=O)N3CCc4ccccc4C3)C2)cc(C(F)(F)F)n1. The topological polar surface area (TPSA) is 49.3 Å². The quantitative estimate of drug-likeness (QED) is 0.768. The van der Waals surface area contributed by atoms with Gasteiger partial charge in [-0.05, 0) is 37.3 Å². The van der Waals surface area contributed by atoms with E-state index in [1.165, 1.54) is 18.1 Å². The van der Waals surface area contributed by atoms with E-state index in [1.807, 2.05) is 23.1 Å². The Labute approximate surface area is 167 Å². The van der Waals surface area contributed by atoms with Gasteiger partial charge in [0, 0.05) is 32.2 Å². The largest absolute Gasteiger partial charge is 0.433 e. The lowest BCUT2D eigenvalue weighted by Crippen LogP contribution is -2.46. The molecule has 2 aliphatic rings. The zero-order chi connectivity index (χ0) is 20.6. The standard InChI is InChI=1S/C21H23F3N4O/c1-14-25-18(21(22,23)24)11-19(26-14)27-9-4-7-17(13-27)20(29)28-10-8-15-5-2-3-6-16(15)12-28/h2-3,5-6,11,17H,4,7-10,12-13H2,1H3. The van der Waals surface area contributed by atoms with Crippen LogP contribution in [0, 0.1) is 12.8 Å². The highest BCUT2D eigenvalue weighted by atomic mass is 19.4. The molecule has 4 rings (SSSR count). The Hall–Kier alpha value is -2.64. The van der Waals surface area contributed by atoms with Crippen LogP contribution in [0.4, 0.5) is 19.0 Å². The molecule has 2 aromatic rings. The van der Waals surface area contributed by atoms with Gasteiger partial charge in [-0.1, -0.05) is 24.3 Å². The maximum absolute atomic E-state index is 13.1. The van der Waals surface area contributed by atoms with Gasteiger partial charge in [-0.2, -0.15) is 13.2 Å². The highest BCUT2D eigenvalue weighted by molar-refractivity contribution is 5.80. The van der Waals surface area contributed by atoms with Gasteiger partial charge in [0.05, 0.1) is 5.92 Å². The number of aromatic nitrogens is 2. The molecule has 0 N–H and O–H groups in total. The van der Waals surface area contributed by atoms with Crippen molar-refractivity contribution in [1.29, 1.82) is 0 Å². The summed E-state index contributed by atoms with van der Waals surface area (Å²) >= 11 is 0. The predicted octanol–water partition coefficient (Wildman–Crippen LogP) is 3.61. The number of alkyl halides is 3. The van der Waals surface area contributed by atoms with Crippen LogP contribution in [0.25, 0.3) is 0 Å². The molecule has 154 valence electrons. The Kier molecular flexibility index (Phi) is 5.19. The highest BCUT2D eigenvalue weighted by Crippen LogP contribution is 2.31. The second-order valence-corrected chi connectivity index (χ2v) is 7.72. The number of aryl methyl sites for hydroxylation is 1. The van der Waals surface area contributed by atoms with Gasteiger partial charge in [0.2, 0.25) is 5.91 Å². The van der Waals surface area contributed by atoms with E-state index in [1.54, 1.807) is 4.90 Å². The molecule has 1 atom stereocenters. The minimum Gasteiger partial charge on any atom is -0.356 e. The zero-order valence-corrected chi connectivity index (χ0v) is 16.2. The van der Waals surface area contributed by atoms with Crippen molar-refractivity contribution in [3.8, 4) is 0 Å². The van der Waals surface area contributed by atoms with Crippen molar-refractivity contribution in [3.63, 3.8) is 0 Å². The molecular weight excluding hydrogens is 381 g/mol. The Morgan fingerprint density at radius 2 is 1.90 bits per heavy atom. The summed E-state index contributed by atoms with van der Waals surface area (Å²) < 4.78 is 39.3. The summed E-state index contributed by atoms with van der Waals surface area (Å²) in [5.74, 6) is 0.159. The molecule has 2 aliphatic heterocycles. The van der Waals surface area contributed by atoms with E-state index in [4.69, 9.17) is 0 Å². The summed E-state index contributed by atoms with van der Waals surface area (Å²) in [6, 6.07) is 9.11. The summed E-state index contributed by atoms with van der Waals surface area (Å²) in [7, 11) is 0. The second kappa shape index (κ2) is 7.65. The molecule has 0 saturated carbocycles. The summed E-state index contributed by atoms with van der Waals surface area (Å²) in [6.45, 7) is 3.69. The molecule has 1 aromatic heterocycles. The van der Waals surface area contributed by atoms with Crippen LogP contribution in [0.2, 0.25) is 0 Å². The van der Waals surface area contributed by atoms with Crippen LogP contribution in [0.15, 0.2) is 30.3 Å². The molecule has 1 amide bonds. The maximum atomic E-state index is 13.1. The minimum absolute atomic E-state index is 0.0750. The monoisotopic (exact) mass is 404 g/mol. The smallest absolute Gasteiger partial charge is 0.356 e. The molecule has 3 heterocycles. The Morgan fingerprint density at radius 1 is 1.14 bits per heavy atom. The van der Waals surface area contributed by atoms with E-state index in [9.17, 15) is 18.0 Å². The molecule has 8 heteroatoms. The van der Waals surface area contributed by atoms with E-state index < -0.39 is 11.9 Å². The Morgan fingerprint density at radius 3 is 2.66 bits per heavy atom. The van der Waals surface area contributed by atoms with Crippen LogP contribution >= 0.6 is 0 Å². The lowest BCUT2D eigenvalue weighted by atomic mass is 9.94. The molecule has 0 bridgehead atoms. The number of hydrogen-bond donors (Lipinski definition) is 0. The van der Waals surface area contributed by atoms with Gasteiger partial charge in [0.15, 0.2) is 0 Å². The van der Waals surface area contributed by atoms with Crippen LogP contribution in [-0.2, 0) is 23.9 Å². The number of carbonyl (C=O) groups excluding carboxylic acids is 1. The first-order valence-corrected chi connectivity index (χ1v) is 9.84. The number of nitrogens with zero attached hydrogens (tertiary/aromatic N) is 4. The van der Waals surface area contributed by atoms with Gasteiger partial charge in [-0.3, -0.25) is 4.79 Å². The Bertz CT molecular complexity index is 915. The van der Waals surface area contributed by atoms with Crippen LogP contribution in [0.1, 0.15) is 35.5 Å². The number of halogens is 3. The third-order valence-corrected chi connectivity index (χ3v) is 5.65. The first-order chi connectivity index (χ1) is 13.8. The fraction of sp³-hybridized carbons (Fsp3) is 0.476. The molecule has 1 aromatic carbocycles. The summed E-state index contributed by atoms with van der Waals surface area (Å²) in [5, 5.41) is 0. The number of amides is 1.